The van der Waals surface area contributed by atoms with Crippen LogP contribution in [-0.2, 0) is 10.1 Å². The first-order valence-electron chi connectivity index (χ1n) is 21.1. The van der Waals surface area contributed by atoms with Crippen molar-refractivity contribution in [3.8, 4) is 0 Å². The molecule has 0 fully saturated rings. The minimum Gasteiger partial charge on any atom is -0.745 e. The summed E-state index contributed by atoms with van der Waals surface area (Å²) in [7, 11) is -4.91. The van der Waals surface area contributed by atoms with Gasteiger partial charge in [0.15, 0.2) is 5.00 Å². The summed E-state index contributed by atoms with van der Waals surface area (Å²) in [5, 5.41) is -2.57. The highest BCUT2D eigenvalue weighted by Gasteiger charge is 2.36. The van der Waals surface area contributed by atoms with Crippen molar-refractivity contribution in [2.75, 3.05) is 26.2 Å². The fourth-order valence-electron chi connectivity index (χ4n) is 6.88. The highest BCUT2D eigenvalue weighted by Crippen LogP contribution is 2.32. The topological polar surface area (TPSA) is 57.2 Å². The summed E-state index contributed by atoms with van der Waals surface area (Å²) >= 11 is 0. The summed E-state index contributed by atoms with van der Waals surface area (Å²) in [4.78, 5) is 0. The molecule has 0 N–H and O–H groups in total. The minimum atomic E-state index is -4.91. The summed E-state index contributed by atoms with van der Waals surface area (Å²) in [6, 6.07) is 0. The van der Waals surface area contributed by atoms with E-state index >= 15 is 4.39 Å². The van der Waals surface area contributed by atoms with Gasteiger partial charge in [0.05, 0.1) is 26.2 Å². The second-order valence-electron chi connectivity index (χ2n) is 14.6. The fourth-order valence-corrected chi connectivity index (χ4v) is 7.67. The first kappa shape index (κ1) is 48.9. The Bertz CT molecular complexity index is 711. The lowest BCUT2D eigenvalue weighted by atomic mass is 10.0. The quantitative estimate of drug-likeness (QED) is 0.0377. The van der Waals surface area contributed by atoms with Crippen molar-refractivity contribution >= 4 is 10.1 Å². The molecule has 0 heterocycles. The maximum Gasteiger partial charge on any atom is 0.199 e. The van der Waals surface area contributed by atoms with Crippen LogP contribution in [0, 0.1) is 0 Å². The fraction of sp³-hybridized carbons (Fsp3) is 1.00. The molecule has 0 bridgehead atoms. The van der Waals surface area contributed by atoms with E-state index in [9.17, 15) is 13.0 Å². The average Bonchev–Trinajstić information content (AvgIpc) is 3.06. The number of unbranched alkanes of at least 4 members (excludes halogenated alkanes) is 26. The Kier molecular flexibility index (Phi) is 35.7. The third-order valence-electron chi connectivity index (χ3n) is 10.9. The Morgan fingerprint density at radius 1 is 0.404 bits per heavy atom. The molecule has 0 aliphatic rings. The highest BCUT2D eigenvalue weighted by molar-refractivity contribution is 7.87. The van der Waals surface area contributed by atoms with Crippen LogP contribution in [0.4, 0.5) is 4.39 Å². The zero-order valence-corrected chi connectivity index (χ0v) is 33.8. The molecule has 4 nitrogen and oxygen atoms in total. The molecule has 0 saturated carbocycles. The van der Waals surface area contributed by atoms with Gasteiger partial charge in [-0.25, -0.2) is 12.8 Å². The summed E-state index contributed by atoms with van der Waals surface area (Å²) in [6.07, 6.45) is 33.3. The lowest BCUT2D eigenvalue weighted by Gasteiger charge is -2.34. The number of quaternary nitrogens is 1. The predicted octanol–water partition coefficient (Wildman–Crippen LogP) is 13.8. The van der Waals surface area contributed by atoms with Crippen LogP contribution in [0.3, 0.4) is 0 Å². The summed E-state index contributed by atoms with van der Waals surface area (Å²) in [6.45, 7) is 18.7. The molecule has 1 unspecified atom stereocenters. The molecule has 0 rings (SSSR count). The maximum absolute atomic E-state index is 15.0. The van der Waals surface area contributed by atoms with E-state index in [-0.39, 0.29) is 12.8 Å². The molecule has 0 aromatic heterocycles. The minimum absolute atomic E-state index is 0.130. The lowest BCUT2D eigenvalue weighted by molar-refractivity contribution is -0.921. The Balaban J connectivity index is 0. The Morgan fingerprint density at radius 2 is 0.596 bits per heavy atom. The molecular weight excluding hydrogens is 606 g/mol. The van der Waals surface area contributed by atoms with Gasteiger partial charge < -0.3 is 9.04 Å². The van der Waals surface area contributed by atoms with Gasteiger partial charge in [-0.2, -0.15) is 0 Å². The van der Waals surface area contributed by atoms with Crippen molar-refractivity contribution in [2.24, 2.45) is 0 Å². The van der Waals surface area contributed by atoms with Crippen LogP contribution in [0.2, 0.25) is 0 Å². The van der Waals surface area contributed by atoms with E-state index in [4.69, 9.17) is 0 Å². The van der Waals surface area contributed by atoms with E-state index in [1.165, 1.54) is 159 Å². The summed E-state index contributed by atoms with van der Waals surface area (Å²) in [5.74, 6) is 0. The van der Waals surface area contributed by atoms with E-state index in [1.54, 1.807) is 0 Å². The van der Waals surface area contributed by atoms with Gasteiger partial charge in [0.2, 0.25) is 0 Å². The van der Waals surface area contributed by atoms with Gasteiger partial charge in [-0.05, 0) is 53.4 Å². The van der Waals surface area contributed by atoms with Crippen LogP contribution in [0.1, 0.15) is 234 Å². The number of hydrogen-bond acceptors (Lipinski definition) is 3. The van der Waals surface area contributed by atoms with E-state index in [0.29, 0.717) is 12.8 Å². The molecule has 0 saturated heterocycles. The van der Waals surface area contributed by atoms with Crippen LogP contribution in [-0.4, -0.2) is 48.6 Å². The molecule has 47 heavy (non-hydrogen) atoms. The zero-order valence-electron chi connectivity index (χ0n) is 33.0. The molecule has 0 radical (unpaired) electrons. The van der Waals surface area contributed by atoms with Gasteiger partial charge in [0.1, 0.15) is 10.1 Å². The number of hydrogen-bond donors (Lipinski definition) is 0. The van der Waals surface area contributed by atoms with Crippen molar-refractivity contribution in [1.29, 1.82) is 0 Å². The standard InChI is InChI=1S/C33H67FO3S.C8H20N/c1-3-5-7-9-11-13-14-15-16-17-18-19-20-21-22-24-26-28-30-32-33(34,38(35,36)37)31-29-27-25-23-12-10-8-6-4-2;1-5-9(6-2,7-3)8-4/h3-32H2,1-2H3,(H,35,36,37);5-8H2,1-4H3/q;+1/p-1. The largest absolute Gasteiger partial charge is 0.745 e. The first-order valence-corrected chi connectivity index (χ1v) is 22.5. The molecule has 0 aliphatic heterocycles. The van der Waals surface area contributed by atoms with Gasteiger partial charge >= 0.3 is 0 Å². The van der Waals surface area contributed by atoms with E-state index < -0.39 is 15.1 Å². The van der Waals surface area contributed by atoms with Crippen LogP contribution in [0.15, 0.2) is 0 Å². The first-order chi connectivity index (χ1) is 22.6. The van der Waals surface area contributed by atoms with Gasteiger partial charge in [0.25, 0.3) is 0 Å². The van der Waals surface area contributed by atoms with Crippen molar-refractivity contribution in [2.45, 2.75) is 239 Å². The highest BCUT2D eigenvalue weighted by atomic mass is 32.2. The van der Waals surface area contributed by atoms with Crippen LogP contribution >= 0.6 is 0 Å². The van der Waals surface area contributed by atoms with Crippen LogP contribution in [0.5, 0.6) is 0 Å². The molecule has 6 heteroatoms. The van der Waals surface area contributed by atoms with Crippen LogP contribution in [0.25, 0.3) is 0 Å². The Labute approximate surface area is 296 Å². The average molecular weight is 692 g/mol. The smallest absolute Gasteiger partial charge is 0.199 e. The van der Waals surface area contributed by atoms with Crippen molar-refractivity contribution in [3.63, 3.8) is 0 Å². The molecule has 0 aromatic rings. The van der Waals surface area contributed by atoms with Crippen molar-refractivity contribution < 1.29 is 21.8 Å². The number of alkyl halides is 1. The predicted molar refractivity (Wildman–Crippen MR) is 206 cm³/mol. The van der Waals surface area contributed by atoms with E-state index in [2.05, 4.69) is 41.5 Å². The molecule has 0 amide bonds. The molecule has 1 atom stereocenters. The van der Waals surface area contributed by atoms with Crippen LogP contribution < -0.4 is 0 Å². The number of rotatable bonds is 35. The van der Waals surface area contributed by atoms with E-state index in [1.807, 2.05) is 0 Å². The zero-order chi connectivity index (χ0) is 35.5. The second-order valence-corrected chi connectivity index (χ2v) is 16.3. The molecular formula is C41H86FNO3S. The Hall–Kier alpha value is -0.200. The number of halogens is 1. The molecule has 0 aliphatic carbocycles. The van der Waals surface area contributed by atoms with Gasteiger partial charge in [0, 0.05) is 0 Å². The van der Waals surface area contributed by atoms with Crippen molar-refractivity contribution in [1.82, 2.24) is 0 Å². The monoisotopic (exact) mass is 692 g/mol. The second kappa shape index (κ2) is 34.3. The third-order valence-corrected chi connectivity index (χ3v) is 12.2. The summed E-state index contributed by atoms with van der Waals surface area (Å²) < 4.78 is 51.1. The number of nitrogens with zero attached hydrogens (tertiary/aromatic N) is 1. The Morgan fingerprint density at radius 3 is 0.745 bits per heavy atom. The van der Waals surface area contributed by atoms with Gasteiger partial charge in [-0.1, -0.05) is 181 Å². The third kappa shape index (κ3) is 29.3. The van der Waals surface area contributed by atoms with E-state index in [0.717, 1.165) is 38.5 Å². The molecule has 0 spiro atoms. The molecule has 286 valence electrons. The lowest BCUT2D eigenvalue weighted by Crippen LogP contribution is -2.47. The van der Waals surface area contributed by atoms with Gasteiger partial charge in [-0.3, -0.25) is 0 Å². The molecule has 0 aromatic carbocycles. The summed E-state index contributed by atoms with van der Waals surface area (Å²) in [5.41, 5.74) is 0. The van der Waals surface area contributed by atoms with Crippen molar-refractivity contribution in [3.05, 3.63) is 0 Å². The maximum atomic E-state index is 15.0. The normalized spacial score (nSPS) is 13.4. The van der Waals surface area contributed by atoms with Gasteiger partial charge in [-0.15, -0.1) is 0 Å². The SMILES string of the molecule is CCCCCCCCCCCCCCCCCCCCCC(F)(CCCCCCCCCCC)S(=O)(=O)[O-].CC[N+](CC)(CC)CC.